The predicted octanol–water partition coefficient (Wildman–Crippen LogP) is -0.279. The van der Waals surface area contributed by atoms with Gasteiger partial charge in [0.1, 0.15) is 0 Å². The van der Waals surface area contributed by atoms with Crippen LogP contribution in [0.4, 0.5) is 0 Å². The normalized spacial score (nSPS) is 29.0. The Hall–Kier alpha value is -0.160. The minimum absolute atomic E-state index is 0.0885. The van der Waals surface area contributed by atoms with Crippen LogP contribution in [0, 0.1) is 0 Å². The molecule has 15 heavy (non-hydrogen) atoms. The summed E-state index contributed by atoms with van der Waals surface area (Å²) in [5.74, 6) is 0. The van der Waals surface area contributed by atoms with Crippen LogP contribution in [0.5, 0.6) is 0 Å². The molecule has 4 heteroatoms. The van der Waals surface area contributed by atoms with Crippen molar-refractivity contribution in [1.29, 1.82) is 0 Å². The monoisotopic (exact) mass is 215 g/mol. The van der Waals surface area contributed by atoms with E-state index in [1.54, 1.807) is 0 Å². The summed E-state index contributed by atoms with van der Waals surface area (Å²) in [6.45, 7) is 7.56. The number of hydrogen-bond donors (Lipinski definition) is 2. The molecule has 4 nitrogen and oxygen atoms in total. The van der Waals surface area contributed by atoms with Crippen LogP contribution in [0.1, 0.15) is 20.3 Å². The summed E-state index contributed by atoms with van der Waals surface area (Å²) in [5, 5.41) is 9.40. The van der Waals surface area contributed by atoms with Crippen molar-refractivity contribution in [3.63, 3.8) is 0 Å². The van der Waals surface area contributed by atoms with E-state index in [1.165, 1.54) is 0 Å². The highest BCUT2D eigenvalue weighted by Crippen LogP contribution is 2.13. The van der Waals surface area contributed by atoms with Crippen molar-refractivity contribution in [1.82, 2.24) is 9.80 Å². The van der Waals surface area contributed by atoms with Gasteiger partial charge in [-0.1, -0.05) is 6.92 Å². The van der Waals surface area contributed by atoms with Gasteiger partial charge >= 0.3 is 0 Å². The molecule has 0 aliphatic carbocycles. The van der Waals surface area contributed by atoms with Gasteiger partial charge in [-0.3, -0.25) is 4.90 Å². The number of nitrogens with two attached hydrogens (primary N) is 1. The van der Waals surface area contributed by atoms with Crippen molar-refractivity contribution in [3.05, 3.63) is 0 Å². The van der Waals surface area contributed by atoms with Gasteiger partial charge in [0, 0.05) is 37.8 Å². The molecule has 3 N–H and O–H groups in total. The zero-order chi connectivity index (χ0) is 11.4. The first-order valence-corrected chi connectivity index (χ1v) is 5.90. The molecule has 0 radical (unpaired) electrons. The molecule has 1 rings (SSSR count). The van der Waals surface area contributed by atoms with Crippen LogP contribution in [-0.4, -0.2) is 66.3 Å². The van der Waals surface area contributed by atoms with Crippen molar-refractivity contribution in [3.8, 4) is 0 Å². The predicted molar refractivity (Wildman–Crippen MR) is 62.8 cm³/mol. The fourth-order valence-corrected chi connectivity index (χ4v) is 2.17. The molecule has 0 saturated carbocycles. The van der Waals surface area contributed by atoms with Gasteiger partial charge in [-0.05, 0) is 20.4 Å². The lowest BCUT2D eigenvalue weighted by Gasteiger charge is -2.42. The smallest absolute Gasteiger partial charge is 0.0601 e. The SMILES string of the molecule is CCC(N)C(CO)N1CCN(C)C(C)C1. The Morgan fingerprint density at radius 1 is 1.47 bits per heavy atom. The highest BCUT2D eigenvalue weighted by Gasteiger charge is 2.28. The van der Waals surface area contributed by atoms with E-state index in [4.69, 9.17) is 5.73 Å². The van der Waals surface area contributed by atoms with E-state index in [0.717, 1.165) is 26.1 Å². The van der Waals surface area contributed by atoms with E-state index in [2.05, 4.69) is 30.7 Å². The third-order valence-electron chi connectivity index (χ3n) is 3.61. The largest absolute Gasteiger partial charge is 0.395 e. The minimum Gasteiger partial charge on any atom is -0.395 e. The first kappa shape index (κ1) is 12.9. The Labute approximate surface area is 93.0 Å². The van der Waals surface area contributed by atoms with E-state index < -0.39 is 0 Å². The van der Waals surface area contributed by atoms with Crippen molar-refractivity contribution in [2.24, 2.45) is 5.73 Å². The Morgan fingerprint density at radius 3 is 2.60 bits per heavy atom. The van der Waals surface area contributed by atoms with Gasteiger partial charge < -0.3 is 15.7 Å². The minimum atomic E-state index is 0.0885. The third-order valence-corrected chi connectivity index (χ3v) is 3.61. The molecule has 0 aromatic carbocycles. The number of rotatable bonds is 4. The number of hydrogen-bond acceptors (Lipinski definition) is 4. The average Bonchev–Trinajstić information content (AvgIpc) is 2.24. The summed E-state index contributed by atoms with van der Waals surface area (Å²) in [6, 6.07) is 0.772. The van der Waals surface area contributed by atoms with E-state index in [-0.39, 0.29) is 18.7 Å². The molecule has 0 bridgehead atoms. The topological polar surface area (TPSA) is 52.7 Å². The highest BCUT2D eigenvalue weighted by atomic mass is 16.3. The Kier molecular flexibility index (Phi) is 4.99. The van der Waals surface area contributed by atoms with E-state index in [9.17, 15) is 5.11 Å². The lowest BCUT2D eigenvalue weighted by molar-refractivity contribution is 0.0359. The number of aliphatic hydroxyl groups is 1. The molecule has 90 valence electrons. The molecule has 1 aliphatic rings. The maximum atomic E-state index is 9.40. The Bertz CT molecular complexity index is 189. The van der Waals surface area contributed by atoms with Crippen LogP contribution >= 0.6 is 0 Å². The first-order valence-electron chi connectivity index (χ1n) is 5.90. The second-order valence-corrected chi connectivity index (χ2v) is 4.65. The molecule has 1 saturated heterocycles. The summed E-state index contributed by atoms with van der Waals surface area (Å²) in [6.07, 6.45) is 0.923. The Morgan fingerprint density at radius 2 is 2.13 bits per heavy atom. The standard InChI is InChI=1S/C11H25N3O/c1-4-10(12)11(8-15)14-6-5-13(3)9(2)7-14/h9-11,15H,4-8,12H2,1-3H3. The van der Waals surface area contributed by atoms with Crippen molar-refractivity contribution in [2.75, 3.05) is 33.3 Å². The van der Waals surface area contributed by atoms with Crippen LogP contribution in [0.25, 0.3) is 0 Å². The molecule has 3 unspecified atom stereocenters. The van der Waals surface area contributed by atoms with Gasteiger partial charge in [0.05, 0.1) is 6.61 Å². The van der Waals surface area contributed by atoms with Crippen LogP contribution in [0.3, 0.4) is 0 Å². The number of piperazine rings is 1. The quantitative estimate of drug-likeness (QED) is 0.677. The van der Waals surface area contributed by atoms with E-state index >= 15 is 0 Å². The van der Waals surface area contributed by atoms with Crippen LogP contribution < -0.4 is 5.73 Å². The van der Waals surface area contributed by atoms with E-state index in [1.807, 2.05) is 0 Å². The second kappa shape index (κ2) is 5.80. The molecule has 3 atom stereocenters. The van der Waals surface area contributed by atoms with Gasteiger partial charge in [0.15, 0.2) is 0 Å². The fourth-order valence-electron chi connectivity index (χ4n) is 2.17. The first-order chi connectivity index (χ1) is 7.10. The van der Waals surface area contributed by atoms with Gasteiger partial charge in [-0.25, -0.2) is 0 Å². The highest BCUT2D eigenvalue weighted by molar-refractivity contribution is 4.86. The average molecular weight is 215 g/mol. The maximum Gasteiger partial charge on any atom is 0.0601 e. The molecule has 0 amide bonds. The Balaban J connectivity index is 2.54. The third kappa shape index (κ3) is 3.14. The molecule has 1 heterocycles. The van der Waals surface area contributed by atoms with Crippen molar-refractivity contribution >= 4 is 0 Å². The molecular formula is C11H25N3O. The molecular weight excluding hydrogens is 190 g/mol. The molecule has 0 aromatic heterocycles. The lowest BCUT2D eigenvalue weighted by atomic mass is 10.0. The van der Waals surface area contributed by atoms with Gasteiger partial charge in [-0.2, -0.15) is 0 Å². The number of nitrogens with zero attached hydrogens (tertiary/aromatic N) is 2. The van der Waals surface area contributed by atoms with Gasteiger partial charge in [-0.15, -0.1) is 0 Å². The summed E-state index contributed by atoms with van der Waals surface area (Å²) < 4.78 is 0. The molecule has 1 fully saturated rings. The summed E-state index contributed by atoms with van der Waals surface area (Å²) in [4.78, 5) is 4.68. The van der Waals surface area contributed by atoms with Crippen LogP contribution in [0.2, 0.25) is 0 Å². The van der Waals surface area contributed by atoms with Crippen molar-refractivity contribution < 1.29 is 5.11 Å². The number of likely N-dealkylation sites (N-methyl/N-ethyl adjacent to an activating group) is 1. The lowest BCUT2D eigenvalue weighted by Crippen LogP contribution is -2.58. The van der Waals surface area contributed by atoms with Gasteiger partial charge in [0.2, 0.25) is 0 Å². The van der Waals surface area contributed by atoms with Crippen LogP contribution in [0.15, 0.2) is 0 Å². The zero-order valence-corrected chi connectivity index (χ0v) is 10.2. The summed E-state index contributed by atoms with van der Waals surface area (Å²) in [5.41, 5.74) is 6.02. The molecule has 1 aliphatic heterocycles. The molecule has 0 aromatic rings. The fraction of sp³-hybridized carbons (Fsp3) is 1.00. The number of aliphatic hydroxyl groups excluding tert-OH is 1. The van der Waals surface area contributed by atoms with Crippen LogP contribution in [-0.2, 0) is 0 Å². The van der Waals surface area contributed by atoms with Gasteiger partial charge in [0.25, 0.3) is 0 Å². The molecule has 0 spiro atoms. The van der Waals surface area contributed by atoms with Crippen molar-refractivity contribution in [2.45, 2.75) is 38.4 Å². The zero-order valence-electron chi connectivity index (χ0n) is 10.2. The maximum absolute atomic E-state index is 9.40. The van der Waals surface area contributed by atoms with E-state index in [0.29, 0.717) is 6.04 Å². The summed E-state index contributed by atoms with van der Waals surface area (Å²) in [7, 11) is 2.15. The second-order valence-electron chi connectivity index (χ2n) is 4.65. The summed E-state index contributed by atoms with van der Waals surface area (Å²) >= 11 is 0.